The summed E-state index contributed by atoms with van der Waals surface area (Å²) in [4.78, 5) is 57.5. The third kappa shape index (κ3) is 7.26. The summed E-state index contributed by atoms with van der Waals surface area (Å²) in [5.74, 6) is -2.80. The average molecular weight is 624 g/mol. The fourth-order valence-corrected chi connectivity index (χ4v) is 4.58. The van der Waals surface area contributed by atoms with E-state index in [9.17, 15) is 19.2 Å². The van der Waals surface area contributed by atoms with Crippen LogP contribution in [0, 0.1) is 0 Å². The Morgan fingerprint density at radius 2 is 0.841 bits per heavy atom. The predicted molar refractivity (Wildman–Crippen MR) is 165 cm³/mol. The molecule has 44 heavy (non-hydrogen) atoms. The highest BCUT2D eigenvalue weighted by Crippen LogP contribution is 2.27. The number of ether oxygens (including phenoxy) is 2. The standard InChI is InChI=1S/C35H23Cl2NO6/c36-26-18-14-24(15-19-26)32(30(39)22-8-3-1-4-9-22)43-34(41)28-12-7-13-29(38-28)35(42)44-33(25-16-20-27(37)21-17-25)31(40)23-10-5-2-6-11-23/h1-21,32-33H/t32-,33-/m0/s1. The number of aromatic nitrogens is 1. The largest absolute Gasteiger partial charge is 0.444 e. The van der Waals surface area contributed by atoms with Crippen molar-refractivity contribution in [2.24, 2.45) is 0 Å². The molecule has 0 amide bonds. The lowest BCUT2D eigenvalue weighted by molar-refractivity contribution is 0.0261. The smallest absolute Gasteiger partial charge is 0.358 e. The van der Waals surface area contributed by atoms with Crippen molar-refractivity contribution >= 4 is 46.7 Å². The van der Waals surface area contributed by atoms with E-state index in [1.807, 2.05) is 0 Å². The lowest BCUT2D eigenvalue weighted by Crippen LogP contribution is -2.23. The van der Waals surface area contributed by atoms with Gasteiger partial charge in [-0.3, -0.25) is 9.59 Å². The molecule has 0 bridgehead atoms. The van der Waals surface area contributed by atoms with Crippen LogP contribution in [-0.2, 0) is 9.47 Å². The summed E-state index contributed by atoms with van der Waals surface area (Å²) in [6, 6.07) is 33.6. The molecule has 0 spiro atoms. The molecule has 0 N–H and O–H groups in total. The van der Waals surface area contributed by atoms with E-state index >= 15 is 0 Å². The number of ketones is 2. The minimum atomic E-state index is -1.31. The number of halogens is 2. The molecule has 9 heteroatoms. The summed E-state index contributed by atoms with van der Waals surface area (Å²) < 4.78 is 11.3. The lowest BCUT2D eigenvalue weighted by atomic mass is 10.00. The highest BCUT2D eigenvalue weighted by atomic mass is 35.5. The van der Waals surface area contributed by atoms with Gasteiger partial charge in [-0.05, 0) is 36.4 Å². The Morgan fingerprint density at radius 1 is 0.477 bits per heavy atom. The van der Waals surface area contributed by atoms with Crippen LogP contribution in [0.3, 0.4) is 0 Å². The van der Waals surface area contributed by atoms with Gasteiger partial charge in [-0.1, -0.05) is 114 Å². The van der Waals surface area contributed by atoms with E-state index in [0.717, 1.165) is 0 Å². The van der Waals surface area contributed by atoms with Crippen molar-refractivity contribution < 1.29 is 28.7 Å². The minimum Gasteiger partial charge on any atom is -0.444 e. The molecule has 0 fully saturated rings. The number of esters is 2. The van der Waals surface area contributed by atoms with Gasteiger partial charge >= 0.3 is 11.9 Å². The van der Waals surface area contributed by atoms with Gasteiger partial charge in [-0.15, -0.1) is 0 Å². The van der Waals surface area contributed by atoms with E-state index in [0.29, 0.717) is 32.3 Å². The molecule has 2 atom stereocenters. The molecule has 7 nitrogen and oxygen atoms in total. The van der Waals surface area contributed by atoms with Crippen LogP contribution in [-0.4, -0.2) is 28.5 Å². The van der Waals surface area contributed by atoms with Gasteiger partial charge in [0.2, 0.25) is 11.6 Å². The van der Waals surface area contributed by atoms with Crippen LogP contribution >= 0.6 is 23.2 Å². The molecule has 0 radical (unpaired) electrons. The zero-order chi connectivity index (χ0) is 31.1. The second-order valence-electron chi connectivity index (χ2n) is 9.54. The van der Waals surface area contributed by atoms with E-state index in [1.165, 1.54) is 18.2 Å². The average Bonchev–Trinajstić information content (AvgIpc) is 3.07. The summed E-state index contributed by atoms with van der Waals surface area (Å²) in [5, 5.41) is 0.892. The number of pyridine rings is 1. The quantitative estimate of drug-likeness (QED) is 0.115. The molecule has 0 unspecified atom stereocenters. The molecule has 1 aromatic heterocycles. The molecule has 0 aliphatic carbocycles. The number of nitrogens with zero attached hydrogens (tertiary/aromatic N) is 1. The molecule has 0 saturated carbocycles. The van der Waals surface area contributed by atoms with E-state index in [4.69, 9.17) is 32.7 Å². The molecular weight excluding hydrogens is 601 g/mol. The van der Waals surface area contributed by atoms with Gasteiger partial charge < -0.3 is 9.47 Å². The summed E-state index contributed by atoms with van der Waals surface area (Å²) in [6.07, 6.45) is -2.62. The highest BCUT2D eigenvalue weighted by Gasteiger charge is 2.30. The Balaban J connectivity index is 1.40. The van der Waals surface area contributed by atoms with E-state index in [1.54, 1.807) is 109 Å². The van der Waals surface area contributed by atoms with E-state index in [-0.39, 0.29) is 11.4 Å². The normalized spacial score (nSPS) is 12.0. The van der Waals surface area contributed by atoms with Crippen molar-refractivity contribution in [1.82, 2.24) is 4.98 Å². The number of hydrogen-bond donors (Lipinski definition) is 0. The van der Waals surface area contributed by atoms with Crippen LogP contribution in [0.4, 0.5) is 0 Å². The van der Waals surface area contributed by atoms with Crippen LogP contribution < -0.4 is 0 Å². The second-order valence-corrected chi connectivity index (χ2v) is 10.4. The van der Waals surface area contributed by atoms with Crippen LogP contribution in [0.2, 0.25) is 10.0 Å². The van der Waals surface area contributed by atoms with Crippen LogP contribution in [0.5, 0.6) is 0 Å². The van der Waals surface area contributed by atoms with Gasteiger partial charge in [-0.2, -0.15) is 0 Å². The summed E-state index contributed by atoms with van der Waals surface area (Å²) in [5.41, 5.74) is 0.993. The van der Waals surface area contributed by atoms with Crippen molar-refractivity contribution in [2.45, 2.75) is 12.2 Å². The topological polar surface area (TPSA) is 99.6 Å². The minimum absolute atomic E-state index is 0.239. The zero-order valence-electron chi connectivity index (χ0n) is 22.9. The Kier molecular flexibility index (Phi) is 9.59. The molecule has 0 saturated heterocycles. The number of carbonyl (C=O) groups excluding carboxylic acids is 4. The number of rotatable bonds is 10. The summed E-state index contributed by atoms with van der Waals surface area (Å²) >= 11 is 12.0. The van der Waals surface area contributed by atoms with E-state index in [2.05, 4.69) is 4.98 Å². The van der Waals surface area contributed by atoms with E-state index < -0.39 is 35.7 Å². The van der Waals surface area contributed by atoms with Gasteiger partial charge in [0, 0.05) is 32.3 Å². The van der Waals surface area contributed by atoms with Gasteiger partial charge in [0.1, 0.15) is 11.4 Å². The first kappa shape index (κ1) is 30.4. The Bertz CT molecular complexity index is 1660. The Hall–Kier alpha value is -5.11. The van der Waals surface area contributed by atoms with Gasteiger partial charge in [0.05, 0.1) is 0 Å². The molecule has 1 heterocycles. The maximum absolute atomic E-state index is 13.4. The van der Waals surface area contributed by atoms with Crippen molar-refractivity contribution in [1.29, 1.82) is 0 Å². The Morgan fingerprint density at radius 3 is 1.20 bits per heavy atom. The highest BCUT2D eigenvalue weighted by molar-refractivity contribution is 6.30. The number of Topliss-reactive ketones (excluding diaryl/α,β-unsaturated/α-hetero) is 2. The van der Waals surface area contributed by atoms with Gasteiger partial charge in [-0.25, -0.2) is 14.6 Å². The number of hydrogen-bond acceptors (Lipinski definition) is 7. The molecule has 5 rings (SSSR count). The monoisotopic (exact) mass is 623 g/mol. The maximum atomic E-state index is 13.4. The van der Waals surface area contributed by atoms with Crippen molar-refractivity contribution in [2.75, 3.05) is 0 Å². The van der Waals surface area contributed by atoms with Crippen molar-refractivity contribution in [3.05, 3.63) is 171 Å². The van der Waals surface area contributed by atoms with Crippen molar-refractivity contribution in [3.8, 4) is 0 Å². The third-order valence-electron chi connectivity index (χ3n) is 6.56. The van der Waals surface area contributed by atoms with Crippen LogP contribution in [0.15, 0.2) is 127 Å². The first-order valence-corrected chi connectivity index (χ1v) is 14.1. The number of benzene rings is 4. The molecule has 0 aliphatic heterocycles. The zero-order valence-corrected chi connectivity index (χ0v) is 24.4. The number of carbonyl (C=O) groups is 4. The molecule has 4 aromatic carbocycles. The summed E-state index contributed by atoms with van der Waals surface area (Å²) in [6.45, 7) is 0. The fraction of sp³-hybridized carbons (Fsp3) is 0.0571. The SMILES string of the molecule is O=C(O[C@H](C(=O)c1ccccc1)c1ccc(Cl)cc1)c1cccc(C(=O)O[C@H](C(=O)c2ccccc2)c2ccc(Cl)cc2)n1. The maximum Gasteiger partial charge on any atom is 0.358 e. The first-order chi connectivity index (χ1) is 21.3. The molecular formula is C35H23Cl2NO6. The van der Waals surface area contributed by atoms with Crippen molar-refractivity contribution in [3.63, 3.8) is 0 Å². The first-order valence-electron chi connectivity index (χ1n) is 13.4. The van der Waals surface area contributed by atoms with Crippen LogP contribution in [0.25, 0.3) is 0 Å². The predicted octanol–water partition coefficient (Wildman–Crippen LogP) is 7.95. The van der Waals surface area contributed by atoms with Crippen LogP contribution in [0.1, 0.15) is 65.0 Å². The third-order valence-corrected chi connectivity index (χ3v) is 7.06. The second kappa shape index (κ2) is 13.9. The van der Waals surface area contributed by atoms with Gasteiger partial charge in [0.25, 0.3) is 0 Å². The summed E-state index contributed by atoms with van der Waals surface area (Å²) in [7, 11) is 0. The molecule has 5 aromatic rings. The fourth-order valence-electron chi connectivity index (χ4n) is 4.33. The Labute approximate surface area is 263 Å². The van der Waals surface area contributed by atoms with Gasteiger partial charge in [0.15, 0.2) is 12.2 Å². The molecule has 218 valence electrons. The molecule has 0 aliphatic rings. The lowest BCUT2D eigenvalue weighted by Gasteiger charge is -2.18.